The number of rotatable bonds is 16. The Balaban J connectivity index is 1.82. The lowest BCUT2D eigenvalue weighted by Crippen LogP contribution is -2.55. The van der Waals surface area contributed by atoms with E-state index in [2.05, 4.69) is 15.8 Å². The maximum atomic E-state index is 13.9. The van der Waals surface area contributed by atoms with E-state index in [4.69, 9.17) is 37.9 Å². The van der Waals surface area contributed by atoms with Gasteiger partial charge < -0.3 is 30.4 Å². The first kappa shape index (κ1) is 36.0. The molecular weight excluding hydrogens is 645 g/mol. The molecule has 3 rings (SSSR count). The molecule has 2 amide bonds. The molecule has 0 aliphatic carbocycles. The summed E-state index contributed by atoms with van der Waals surface area (Å²) in [5, 5.41) is 27.7. The average Bonchev–Trinajstić information content (AvgIpc) is 3.41. The van der Waals surface area contributed by atoms with Crippen LogP contribution in [0.3, 0.4) is 0 Å². The maximum Gasteiger partial charge on any atom is 0.341 e. The zero-order valence-corrected chi connectivity index (χ0v) is 26.5. The third kappa shape index (κ3) is 9.75. The summed E-state index contributed by atoms with van der Waals surface area (Å²) in [5.41, 5.74) is -0.990. The van der Waals surface area contributed by atoms with E-state index in [9.17, 15) is 33.9 Å². The molecule has 0 saturated heterocycles. The van der Waals surface area contributed by atoms with E-state index < -0.39 is 66.2 Å². The summed E-state index contributed by atoms with van der Waals surface area (Å²) in [4.78, 5) is 80.4. The Labute approximate surface area is 274 Å². The highest BCUT2D eigenvalue weighted by molar-refractivity contribution is 6.39. The van der Waals surface area contributed by atoms with Crippen molar-refractivity contribution in [3.63, 3.8) is 0 Å². The number of aliphatic carboxylic acids is 2. The minimum atomic E-state index is -1.76. The van der Waals surface area contributed by atoms with Crippen molar-refractivity contribution in [2.24, 2.45) is 11.1 Å². The van der Waals surface area contributed by atoms with Gasteiger partial charge in [-0.3, -0.25) is 24.0 Å². The van der Waals surface area contributed by atoms with Gasteiger partial charge in [-0.1, -0.05) is 78.6 Å². The van der Waals surface area contributed by atoms with Gasteiger partial charge in [0.25, 0.3) is 5.91 Å². The number of nitrogens with one attached hydrogen (secondary N) is 2. The summed E-state index contributed by atoms with van der Waals surface area (Å²) in [6.07, 6.45) is -1.67. The number of hydrogen-bond acceptors (Lipinski definition) is 9. The number of ether oxygens (including phenoxy) is 1. The fourth-order valence-corrected chi connectivity index (χ4v) is 5.26. The van der Waals surface area contributed by atoms with Gasteiger partial charge in [-0.15, -0.1) is 0 Å². The molecule has 1 aliphatic heterocycles. The summed E-state index contributed by atoms with van der Waals surface area (Å²) in [7, 11) is 0. The first-order valence-electron chi connectivity index (χ1n) is 14.2. The number of carboxylic acid groups (broad SMARTS) is 2. The third-order valence-electron chi connectivity index (χ3n) is 7.04. The number of benzene rings is 2. The number of nitrogens with zero attached hydrogens (tertiary/aromatic N) is 1. The van der Waals surface area contributed by atoms with Gasteiger partial charge in [0.2, 0.25) is 11.5 Å². The van der Waals surface area contributed by atoms with Crippen LogP contribution in [0.2, 0.25) is 10.0 Å². The Hall–Kier alpha value is -4.49. The third-order valence-corrected chi connectivity index (χ3v) is 7.67. The van der Waals surface area contributed by atoms with Crippen molar-refractivity contribution in [2.75, 3.05) is 6.61 Å². The van der Waals surface area contributed by atoms with Gasteiger partial charge in [-0.2, -0.15) is 0 Å². The van der Waals surface area contributed by atoms with Crippen LogP contribution < -0.4 is 10.6 Å². The topological polar surface area (TPSA) is 198 Å². The highest BCUT2D eigenvalue weighted by Gasteiger charge is 2.49. The number of carbonyl (C=O) groups is 6. The number of esters is 1. The predicted molar refractivity (Wildman–Crippen MR) is 166 cm³/mol. The van der Waals surface area contributed by atoms with Crippen LogP contribution in [0.5, 0.6) is 0 Å². The molecule has 15 heteroatoms. The van der Waals surface area contributed by atoms with Crippen molar-refractivity contribution in [1.29, 1.82) is 0 Å². The van der Waals surface area contributed by atoms with Crippen molar-refractivity contribution >= 4 is 64.4 Å². The highest BCUT2D eigenvalue weighted by Crippen LogP contribution is 2.32. The summed E-state index contributed by atoms with van der Waals surface area (Å²) in [6, 6.07) is 10.7. The molecule has 0 saturated carbocycles. The number of halogens is 2. The highest BCUT2D eigenvalue weighted by atomic mass is 35.5. The van der Waals surface area contributed by atoms with E-state index in [1.807, 2.05) is 0 Å². The van der Waals surface area contributed by atoms with Gasteiger partial charge in [0, 0.05) is 19.3 Å². The lowest BCUT2D eigenvalue weighted by atomic mass is 9.84. The molecule has 4 N–H and O–H groups in total. The Kier molecular flexibility index (Phi) is 12.7. The predicted octanol–water partition coefficient (Wildman–Crippen LogP) is 3.44. The monoisotopic (exact) mass is 677 g/mol. The van der Waals surface area contributed by atoms with Crippen molar-refractivity contribution < 1.29 is 48.6 Å². The van der Waals surface area contributed by atoms with Crippen LogP contribution in [-0.2, 0) is 40.0 Å². The number of amides is 2. The Morgan fingerprint density at radius 1 is 0.935 bits per heavy atom. The zero-order chi connectivity index (χ0) is 34.0. The largest absolute Gasteiger partial charge is 0.481 e. The number of Topliss-reactive ketones (excluding diaryl/α,β-unsaturated/α-hetero) is 1. The van der Waals surface area contributed by atoms with Crippen LogP contribution in [-0.4, -0.2) is 75.7 Å². The summed E-state index contributed by atoms with van der Waals surface area (Å²) in [6.45, 7) is 2.69. The van der Waals surface area contributed by atoms with Crippen molar-refractivity contribution in [2.45, 2.75) is 63.6 Å². The first-order valence-corrected chi connectivity index (χ1v) is 14.9. The molecule has 2 aromatic carbocycles. The summed E-state index contributed by atoms with van der Waals surface area (Å²) < 4.78 is 5.06. The molecule has 3 atom stereocenters. The normalized spacial score (nSPS) is 16.8. The van der Waals surface area contributed by atoms with Crippen LogP contribution in [0, 0.1) is 5.92 Å². The molecular formula is C31H33Cl2N3O10. The molecule has 1 unspecified atom stereocenters. The molecule has 0 bridgehead atoms. The Morgan fingerprint density at radius 3 is 2.17 bits per heavy atom. The Bertz CT molecular complexity index is 1490. The lowest BCUT2D eigenvalue weighted by molar-refractivity contribution is -0.148. The number of oxime groups is 1. The van der Waals surface area contributed by atoms with Crippen molar-refractivity contribution in [1.82, 2.24) is 10.6 Å². The number of ketones is 1. The number of carbonyl (C=O) groups excluding carboxylic acids is 4. The number of carboxylic acids is 2. The van der Waals surface area contributed by atoms with E-state index >= 15 is 0 Å². The van der Waals surface area contributed by atoms with Crippen molar-refractivity contribution in [3.8, 4) is 0 Å². The minimum Gasteiger partial charge on any atom is -0.481 e. The fourth-order valence-electron chi connectivity index (χ4n) is 4.71. The second-order valence-electron chi connectivity index (χ2n) is 11.0. The van der Waals surface area contributed by atoms with E-state index in [-0.39, 0.29) is 52.9 Å². The van der Waals surface area contributed by atoms with Crippen LogP contribution >= 0.6 is 23.2 Å². The van der Waals surface area contributed by atoms with Crippen LogP contribution in [0.1, 0.15) is 55.5 Å². The van der Waals surface area contributed by atoms with Gasteiger partial charge >= 0.3 is 17.9 Å². The van der Waals surface area contributed by atoms with Crippen molar-refractivity contribution in [3.05, 3.63) is 69.7 Å². The quantitative estimate of drug-likeness (QED) is 0.191. The standard InChI is InChI=1S/C31H33Cl2N3O10/c1-17(2)28(35-24(38)11-12-25(39)40)22-15-31(46-36-22,14-18-7-4-3-5-8-18)30(44)34-21(13-26(41)42)23(37)16-45-29(43)27-19(32)9-6-10-20(27)33/h3-10,17,21,28H,11-16H2,1-2H3,(H,34,44)(H,35,38)(H,39,40)(H,41,42)/t21-,28-,31?/m0/s1. The average molecular weight is 679 g/mol. The zero-order valence-electron chi connectivity index (χ0n) is 25.0. The summed E-state index contributed by atoms with van der Waals surface area (Å²) in [5.74, 6) is -6.13. The van der Waals surface area contributed by atoms with Gasteiger partial charge in [0.05, 0.1) is 40.2 Å². The van der Waals surface area contributed by atoms with E-state index in [1.165, 1.54) is 18.2 Å². The first-order chi connectivity index (χ1) is 21.7. The molecule has 46 heavy (non-hydrogen) atoms. The van der Waals surface area contributed by atoms with Gasteiger partial charge in [-0.25, -0.2) is 4.79 Å². The van der Waals surface area contributed by atoms with Gasteiger partial charge in [-0.05, 0) is 23.6 Å². The maximum absolute atomic E-state index is 13.9. The lowest BCUT2D eigenvalue weighted by Gasteiger charge is -2.29. The fraction of sp³-hybridized carbons (Fsp3) is 0.387. The molecule has 1 heterocycles. The molecule has 2 aromatic rings. The van der Waals surface area contributed by atoms with E-state index in [0.717, 1.165) is 0 Å². The number of hydrogen-bond donors (Lipinski definition) is 4. The minimum absolute atomic E-state index is 0.0184. The van der Waals surface area contributed by atoms with Gasteiger partial charge in [0.1, 0.15) is 6.04 Å². The van der Waals surface area contributed by atoms with E-state index in [1.54, 1.807) is 44.2 Å². The van der Waals surface area contributed by atoms with Crippen LogP contribution in [0.25, 0.3) is 0 Å². The smallest absolute Gasteiger partial charge is 0.341 e. The molecule has 246 valence electrons. The van der Waals surface area contributed by atoms with E-state index in [0.29, 0.717) is 5.56 Å². The molecule has 1 aliphatic rings. The molecule has 0 radical (unpaired) electrons. The SMILES string of the molecule is CC(C)[C@H](NC(=O)CCC(=O)O)C1=NOC(Cc2ccccc2)(C(=O)N[C@@H](CC(=O)O)C(=O)COC(=O)c2c(Cl)cccc2Cl)C1. The second kappa shape index (κ2) is 16.2. The second-order valence-corrected chi connectivity index (χ2v) is 11.8. The Morgan fingerprint density at radius 2 is 1.59 bits per heavy atom. The molecule has 13 nitrogen and oxygen atoms in total. The van der Waals surface area contributed by atoms with Crippen LogP contribution in [0.4, 0.5) is 0 Å². The van der Waals surface area contributed by atoms with Gasteiger partial charge in [0.15, 0.2) is 12.4 Å². The molecule has 0 aromatic heterocycles. The molecule has 0 spiro atoms. The molecule has 0 fully saturated rings. The van der Waals surface area contributed by atoms with Crippen LogP contribution in [0.15, 0.2) is 53.7 Å². The summed E-state index contributed by atoms with van der Waals surface area (Å²) >= 11 is 12.1.